The van der Waals surface area contributed by atoms with Crippen LogP contribution in [0.2, 0.25) is 0 Å². The molecule has 1 amide bonds. The van der Waals surface area contributed by atoms with Crippen molar-refractivity contribution in [3.05, 3.63) is 53.6 Å². The number of aliphatic carboxylic acids is 1. The number of carboxylic acids is 1. The Bertz CT molecular complexity index is 880. The lowest BCUT2D eigenvalue weighted by atomic mass is 10.0. The number of nitrogens with one attached hydrogen (secondary N) is 2. The molecule has 0 spiro atoms. The Labute approximate surface area is 163 Å². The monoisotopic (exact) mass is 385 g/mol. The van der Waals surface area contributed by atoms with Crippen LogP contribution in [-0.2, 0) is 16.0 Å². The van der Waals surface area contributed by atoms with Crippen LogP contribution in [-0.4, -0.2) is 43.5 Å². The Hall–Kier alpha value is -3.55. The van der Waals surface area contributed by atoms with Crippen LogP contribution in [0, 0.1) is 0 Å². The summed E-state index contributed by atoms with van der Waals surface area (Å²) in [6.45, 7) is 1.76. The molecule has 8 nitrogen and oxygen atoms in total. The predicted molar refractivity (Wildman–Crippen MR) is 106 cm³/mol. The van der Waals surface area contributed by atoms with Crippen LogP contribution in [0.4, 0.5) is 5.69 Å². The van der Waals surface area contributed by atoms with E-state index in [-0.39, 0.29) is 18.9 Å². The fourth-order valence-electron chi connectivity index (χ4n) is 2.47. The van der Waals surface area contributed by atoms with Crippen molar-refractivity contribution in [3.63, 3.8) is 0 Å². The Morgan fingerprint density at radius 3 is 2.57 bits per heavy atom. The largest absolute Gasteiger partial charge is 0.497 e. The number of carbonyl (C=O) groups is 2. The van der Waals surface area contributed by atoms with E-state index >= 15 is 0 Å². The van der Waals surface area contributed by atoms with E-state index < -0.39 is 5.97 Å². The Balaban J connectivity index is 1.99. The van der Waals surface area contributed by atoms with Gasteiger partial charge in [0, 0.05) is 17.3 Å². The van der Waals surface area contributed by atoms with E-state index in [1.54, 1.807) is 38.3 Å². The molecular formula is C20H23N3O5. The molecule has 3 N–H and O–H groups in total. The van der Waals surface area contributed by atoms with Crippen LogP contribution in [0.25, 0.3) is 0 Å². The number of methoxy groups -OCH3 is 2. The predicted octanol–water partition coefficient (Wildman–Crippen LogP) is 2.28. The molecule has 0 fully saturated rings. The van der Waals surface area contributed by atoms with E-state index in [2.05, 4.69) is 15.8 Å². The first kappa shape index (κ1) is 20.8. The molecule has 0 saturated carbocycles. The van der Waals surface area contributed by atoms with Crippen LogP contribution < -0.4 is 20.2 Å². The average molecular weight is 385 g/mol. The lowest BCUT2D eigenvalue weighted by Crippen LogP contribution is -2.26. The average Bonchev–Trinajstić information content (AvgIpc) is 2.70. The molecule has 0 aromatic heterocycles. The molecule has 0 heterocycles. The summed E-state index contributed by atoms with van der Waals surface area (Å²) in [6, 6.07) is 12.4. The van der Waals surface area contributed by atoms with Gasteiger partial charge in [0.25, 0.3) is 5.91 Å². The molecular weight excluding hydrogens is 362 g/mol. The molecule has 0 saturated heterocycles. The first-order valence-corrected chi connectivity index (χ1v) is 8.53. The van der Waals surface area contributed by atoms with Crippen molar-refractivity contribution >= 4 is 23.3 Å². The van der Waals surface area contributed by atoms with E-state index in [1.807, 2.05) is 18.2 Å². The van der Waals surface area contributed by atoms with E-state index in [0.29, 0.717) is 28.3 Å². The summed E-state index contributed by atoms with van der Waals surface area (Å²) in [5.41, 5.74) is 5.00. The second kappa shape index (κ2) is 9.96. The van der Waals surface area contributed by atoms with Gasteiger partial charge in [-0.1, -0.05) is 6.07 Å². The molecule has 8 heteroatoms. The maximum atomic E-state index is 12.0. The van der Waals surface area contributed by atoms with Gasteiger partial charge in [-0.25, -0.2) is 5.43 Å². The zero-order valence-corrected chi connectivity index (χ0v) is 16.0. The van der Waals surface area contributed by atoms with Crippen LogP contribution in [0.5, 0.6) is 11.5 Å². The van der Waals surface area contributed by atoms with Gasteiger partial charge in [-0.05, 0) is 42.8 Å². The van der Waals surface area contributed by atoms with Gasteiger partial charge in [0.05, 0.1) is 32.9 Å². The van der Waals surface area contributed by atoms with Gasteiger partial charge in [-0.15, -0.1) is 0 Å². The molecule has 0 bridgehead atoms. The second-order valence-corrected chi connectivity index (χ2v) is 5.91. The Morgan fingerprint density at radius 1 is 1.11 bits per heavy atom. The minimum Gasteiger partial charge on any atom is -0.497 e. The van der Waals surface area contributed by atoms with Gasteiger partial charge in [0.2, 0.25) is 0 Å². The molecule has 0 aliphatic rings. The summed E-state index contributed by atoms with van der Waals surface area (Å²) in [4.78, 5) is 23.0. The zero-order valence-electron chi connectivity index (χ0n) is 16.0. The molecule has 0 aliphatic heterocycles. The molecule has 2 rings (SSSR count). The summed E-state index contributed by atoms with van der Waals surface area (Å²) in [5, 5.41) is 16.1. The van der Waals surface area contributed by atoms with Crippen molar-refractivity contribution < 1.29 is 24.2 Å². The van der Waals surface area contributed by atoms with Crippen molar-refractivity contribution in [1.82, 2.24) is 5.43 Å². The van der Waals surface area contributed by atoms with Crippen LogP contribution in [0.3, 0.4) is 0 Å². The lowest BCUT2D eigenvalue weighted by molar-refractivity contribution is -0.136. The van der Waals surface area contributed by atoms with E-state index in [4.69, 9.17) is 14.6 Å². The Kier molecular flexibility index (Phi) is 7.38. The molecule has 0 atom stereocenters. The minimum absolute atomic E-state index is 0.0385. The highest BCUT2D eigenvalue weighted by Crippen LogP contribution is 2.21. The van der Waals surface area contributed by atoms with Gasteiger partial charge in [0.1, 0.15) is 11.5 Å². The summed E-state index contributed by atoms with van der Waals surface area (Å²) >= 11 is 0. The number of carbonyl (C=O) groups excluding carboxylic acids is 1. The van der Waals surface area contributed by atoms with E-state index in [1.165, 1.54) is 7.11 Å². The summed E-state index contributed by atoms with van der Waals surface area (Å²) in [6.07, 6.45) is -0.166. The number of hydrazone groups is 1. The van der Waals surface area contributed by atoms with Crippen LogP contribution >= 0.6 is 0 Å². The molecule has 0 unspecified atom stereocenters. The van der Waals surface area contributed by atoms with Gasteiger partial charge in [0.15, 0.2) is 0 Å². The second-order valence-electron chi connectivity index (χ2n) is 5.91. The first-order valence-electron chi connectivity index (χ1n) is 8.53. The van der Waals surface area contributed by atoms with E-state index in [9.17, 15) is 9.59 Å². The molecule has 2 aromatic carbocycles. The number of ether oxygens (including phenoxy) is 2. The molecule has 28 heavy (non-hydrogen) atoms. The Morgan fingerprint density at radius 2 is 1.89 bits per heavy atom. The quantitative estimate of drug-likeness (QED) is 0.451. The number of nitrogens with zero attached hydrogens (tertiary/aromatic N) is 1. The molecule has 0 aliphatic carbocycles. The smallest absolute Gasteiger partial charge is 0.307 e. The summed E-state index contributed by atoms with van der Waals surface area (Å²) < 4.78 is 10.3. The molecule has 0 radical (unpaired) electrons. The van der Waals surface area contributed by atoms with Gasteiger partial charge in [-0.3, -0.25) is 9.59 Å². The number of amides is 1. The van der Waals surface area contributed by atoms with Crippen molar-refractivity contribution in [3.8, 4) is 11.5 Å². The van der Waals surface area contributed by atoms with Gasteiger partial charge < -0.3 is 19.9 Å². The van der Waals surface area contributed by atoms with Crippen LogP contribution in [0.1, 0.15) is 18.1 Å². The number of benzene rings is 2. The van der Waals surface area contributed by atoms with Gasteiger partial charge in [-0.2, -0.15) is 5.10 Å². The van der Waals surface area contributed by atoms with Crippen molar-refractivity contribution in [2.75, 3.05) is 26.1 Å². The van der Waals surface area contributed by atoms with Crippen LogP contribution in [0.15, 0.2) is 47.6 Å². The van der Waals surface area contributed by atoms with E-state index in [0.717, 1.165) is 5.69 Å². The SMILES string of the molecule is COc1cccc(NCC(=O)N/N=C(/C)c2ccc(OC)c(CC(=O)O)c2)c1. The maximum Gasteiger partial charge on any atom is 0.307 e. The topological polar surface area (TPSA) is 109 Å². The number of anilines is 1. The normalized spacial score (nSPS) is 10.9. The molecule has 148 valence electrons. The highest BCUT2D eigenvalue weighted by atomic mass is 16.5. The third kappa shape index (κ3) is 6.01. The fourth-order valence-corrected chi connectivity index (χ4v) is 2.47. The molecule has 2 aromatic rings. The highest BCUT2D eigenvalue weighted by Gasteiger charge is 2.10. The summed E-state index contributed by atoms with van der Waals surface area (Å²) in [5.74, 6) is -0.0928. The van der Waals surface area contributed by atoms with Crippen molar-refractivity contribution in [2.24, 2.45) is 5.10 Å². The number of hydrogen-bond donors (Lipinski definition) is 3. The highest BCUT2D eigenvalue weighted by molar-refractivity contribution is 5.99. The lowest BCUT2D eigenvalue weighted by Gasteiger charge is -2.10. The first-order chi connectivity index (χ1) is 13.4. The summed E-state index contributed by atoms with van der Waals surface area (Å²) in [7, 11) is 3.06. The zero-order chi connectivity index (χ0) is 20.5. The third-order valence-electron chi connectivity index (χ3n) is 3.91. The maximum absolute atomic E-state index is 12.0. The number of carboxylic acid groups (broad SMARTS) is 1. The van der Waals surface area contributed by atoms with Gasteiger partial charge >= 0.3 is 5.97 Å². The number of hydrogen-bond acceptors (Lipinski definition) is 6. The minimum atomic E-state index is -0.957. The standard InChI is InChI=1S/C20H23N3O5/c1-13(14-7-8-18(28-3)15(9-14)10-20(25)26)22-23-19(24)12-21-16-5-4-6-17(11-16)27-2/h4-9,11,21H,10,12H2,1-3H3,(H,23,24)(H,25,26)/b22-13-. The van der Waals surface area contributed by atoms with Crippen molar-refractivity contribution in [1.29, 1.82) is 0 Å². The van der Waals surface area contributed by atoms with Crippen molar-refractivity contribution in [2.45, 2.75) is 13.3 Å². The number of rotatable bonds is 9. The third-order valence-corrected chi connectivity index (χ3v) is 3.91. The fraction of sp³-hybridized carbons (Fsp3) is 0.250.